The molecular formula is C17H22F4N2O6S. The van der Waals surface area contributed by atoms with E-state index in [-0.39, 0.29) is 29.9 Å². The highest BCUT2D eigenvalue weighted by atomic mass is 32.2. The molecule has 2 heterocycles. The zero-order valence-electron chi connectivity index (χ0n) is 16.0. The molecule has 0 aromatic carbocycles. The summed E-state index contributed by atoms with van der Waals surface area (Å²) in [7, 11) is -3.28. The Hall–Kier alpha value is -1.99. The van der Waals surface area contributed by atoms with E-state index in [2.05, 4.69) is 4.98 Å². The lowest BCUT2D eigenvalue weighted by Gasteiger charge is -2.37. The van der Waals surface area contributed by atoms with Gasteiger partial charge in [0.25, 0.3) is 5.88 Å². The molecular weight excluding hydrogens is 436 g/mol. The Kier molecular flexibility index (Phi) is 7.99. The number of ether oxygens (including phenoxy) is 2. The number of fused-ring (bicyclic) bond motifs is 1. The minimum absolute atomic E-state index is 0.0599. The molecule has 1 saturated heterocycles. The number of aromatic nitrogens is 1. The molecule has 2 aliphatic rings. The molecule has 1 saturated carbocycles. The largest absolute Gasteiger partial charge is 0.490 e. The van der Waals surface area contributed by atoms with Crippen LogP contribution in [0.3, 0.4) is 0 Å². The predicted octanol–water partition coefficient (Wildman–Crippen LogP) is 2.20. The van der Waals surface area contributed by atoms with Gasteiger partial charge >= 0.3 is 12.1 Å². The molecule has 1 aliphatic carbocycles. The molecule has 1 aromatic heterocycles. The second-order valence-electron chi connectivity index (χ2n) is 6.66. The zero-order chi connectivity index (χ0) is 22.5. The molecule has 1 aliphatic heterocycles. The van der Waals surface area contributed by atoms with Gasteiger partial charge in [-0.05, 0) is 31.4 Å². The molecule has 13 heteroatoms. The summed E-state index contributed by atoms with van der Waals surface area (Å²) in [5, 5.41) is 7.12. The molecule has 0 spiro atoms. The Balaban J connectivity index is 0.000000396. The van der Waals surface area contributed by atoms with Crippen LogP contribution in [0.2, 0.25) is 0 Å². The molecule has 0 unspecified atom stereocenters. The van der Waals surface area contributed by atoms with Crippen LogP contribution in [0.4, 0.5) is 17.6 Å². The summed E-state index contributed by atoms with van der Waals surface area (Å²) in [6.07, 6.45) is -2.54. The van der Waals surface area contributed by atoms with Crippen LogP contribution in [-0.2, 0) is 19.6 Å². The van der Waals surface area contributed by atoms with Crippen molar-refractivity contribution >= 4 is 16.0 Å². The Labute approximate surface area is 170 Å². The first-order valence-corrected chi connectivity index (χ1v) is 10.8. The monoisotopic (exact) mass is 458 g/mol. The van der Waals surface area contributed by atoms with Crippen molar-refractivity contribution < 1.29 is 45.4 Å². The number of rotatable bonds is 5. The van der Waals surface area contributed by atoms with Gasteiger partial charge in [-0.25, -0.2) is 22.6 Å². The summed E-state index contributed by atoms with van der Waals surface area (Å²) in [5.74, 6) is -3.21. The van der Waals surface area contributed by atoms with E-state index in [1.165, 1.54) is 18.3 Å². The number of carboxylic acid groups (broad SMARTS) is 1. The lowest BCUT2D eigenvalue weighted by Crippen LogP contribution is -2.54. The van der Waals surface area contributed by atoms with Gasteiger partial charge in [0.2, 0.25) is 10.0 Å². The van der Waals surface area contributed by atoms with E-state index in [1.54, 1.807) is 4.31 Å². The van der Waals surface area contributed by atoms with Gasteiger partial charge in [-0.2, -0.15) is 17.5 Å². The average molecular weight is 458 g/mol. The molecule has 3 rings (SSSR count). The number of carbonyl (C=O) groups is 1. The minimum atomic E-state index is -5.08. The third-order valence-corrected chi connectivity index (χ3v) is 6.63. The van der Waals surface area contributed by atoms with Gasteiger partial charge in [0.05, 0.1) is 18.4 Å². The van der Waals surface area contributed by atoms with Gasteiger partial charge in [-0.3, -0.25) is 0 Å². The fourth-order valence-electron chi connectivity index (χ4n) is 3.33. The van der Waals surface area contributed by atoms with Gasteiger partial charge < -0.3 is 14.6 Å². The van der Waals surface area contributed by atoms with Crippen LogP contribution in [0.5, 0.6) is 5.88 Å². The molecule has 0 amide bonds. The first kappa shape index (κ1) is 24.3. The second-order valence-corrected chi connectivity index (χ2v) is 8.70. The van der Waals surface area contributed by atoms with Crippen molar-refractivity contribution in [1.82, 2.24) is 9.29 Å². The summed E-state index contributed by atoms with van der Waals surface area (Å²) in [5.41, 5.74) is 0. The van der Waals surface area contributed by atoms with Crippen LogP contribution in [0, 0.1) is 5.82 Å². The smallest absolute Gasteiger partial charge is 0.475 e. The van der Waals surface area contributed by atoms with Crippen molar-refractivity contribution in [3.05, 3.63) is 24.1 Å². The van der Waals surface area contributed by atoms with Crippen LogP contribution >= 0.6 is 0 Å². The van der Waals surface area contributed by atoms with Crippen LogP contribution in [0.15, 0.2) is 18.3 Å². The molecule has 3 atom stereocenters. The van der Waals surface area contributed by atoms with Crippen molar-refractivity contribution in [1.29, 1.82) is 0 Å². The number of aliphatic carboxylic acids is 1. The predicted molar refractivity (Wildman–Crippen MR) is 95.8 cm³/mol. The lowest BCUT2D eigenvalue weighted by molar-refractivity contribution is -0.192. The first-order chi connectivity index (χ1) is 14.0. The summed E-state index contributed by atoms with van der Waals surface area (Å²) in [6, 6.07) is 2.54. The van der Waals surface area contributed by atoms with Crippen molar-refractivity contribution in [3.63, 3.8) is 0 Å². The number of pyridine rings is 1. The molecule has 0 bridgehead atoms. The van der Waals surface area contributed by atoms with Gasteiger partial charge in [-0.15, -0.1) is 0 Å². The minimum Gasteiger partial charge on any atom is -0.475 e. The Morgan fingerprint density at radius 3 is 2.63 bits per heavy atom. The number of alkyl halides is 3. The van der Waals surface area contributed by atoms with Crippen LogP contribution in [-0.4, -0.2) is 72.1 Å². The van der Waals surface area contributed by atoms with Crippen LogP contribution < -0.4 is 4.74 Å². The summed E-state index contributed by atoms with van der Waals surface area (Å²) in [6.45, 7) is 2.54. The van der Waals surface area contributed by atoms with Gasteiger partial charge in [0.15, 0.2) is 5.82 Å². The van der Waals surface area contributed by atoms with Crippen molar-refractivity contribution in [2.75, 3.05) is 18.9 Å². The normalized spacial score (nSPS) is 24.5. The topological polar surface area (TPSA) is 106 Å². The van der Waals surface area contributed by atoms with E-state index >= 15 is 0 Å². The van der Waals surface area contributed by atoms with Crippen molar-refractivity contribution in [3.8, 4) is 5.88 Å². The summed E-state index contributed by atoms with van der Waals surface area (Å²) >= 11 is 0. The van der Waals surface area contributed by atoms with Crippen molar-refractivity contribution in [2.24, 2.45) is 0 Å². The number of hydrogen-bond acceptors (Lipinski definition) is 6. The van der Waals surface area contributed by atoms with Gasteiger partial charge in [0.1, 0.15) is 12.2 Å². The second kappa shape index (κ2) is 9.88. The van der Waals surface area contributed by atoms with Gasteiger partial charge in [0, 0.05) is 12.7 Å². The quantitative estimate of drug-likeness (QED) is 0.675. The third kappa shape index (κ3) is 6.01. The molecule has 8 nitrogen and oxygen atoms in total. The third-order valence-electron chi connectivity index (χ3n) is 4.53. The SMILES string of the molecule is CCCS(=O)(=O)N1CCO[C@H]2[C@@H](Oc3ncccc3F)CC[C@@H]21.O=C(O)C(F)(F)F. The summed E-state index contributed by atoms with van der Waals surface area (Å²) in [4.78, 5) is 12.8. The van der Waals surface area contributed by atoms with E-state index in [1.807, 2.05) is 6.92 Å². The summed E-state index contributed by atoms with van der Waals surface area (Å²) < 4.78 is 83.2. The number of nitrogens with zero attached hydrogens (tertiary/aromatic N) is 2. The Bertz CT molecular complexity index is 836. The lowest BCUT2D eigenvalue weighted by atomic mass is 10.1. The fraction of sp³-hybridized carbons (Fsp3) is 0.647. The number of hydrogen-bond donors (Lipinski definition) is 1. The van der Waals surface area contributed by atoms with E-state index in [0.29, 0.717) is 32.4 Å². The highest BCUT2D eigenvalue weighted by molar-refractivity contribution is 7.89. The molecule has 30 heavy (non-hydrogen) atoms. The Morgan fingerprint density at radius 1 is 1.40 bits per heavy atom. The number of sulfonamides is 1. The van der Waals surface area contributed by atoms with Crippen molar-refractivity contribution in [2.45, 2.75) is 50.6 Å². The van der Waals surface area contributed by atoms with E-state index in [0.717, 1.165) is 0 Å². The van der Waals surface area contributed by atoms with Crippen LogP contribution in [0.1, 0.15) is 26.2 Å². The van der Waals surface area contributed by atoms with Gasteiger partial charge in [-0.1, -0.05) is 6.92 Å². The highest BCUT2D eigenvalue weighted by Crippen LogP contribution is 2.34. The van der Waals surface area contributed by atoms with E-state index in [9.17, 15) is 26.0 Å². The zero-order valence-corrected chi connectivity index (χ0v) is 16.8. The highest BCUT2D eigenvalue weighted by Gasteiger charge is 2.47. The van der Waals surface area contributed by atoms with Crippen LogP contribution in [0.25, 0.3) is 0 Å². The first-order valence-electron chi connectivity index (χ1n) is 9.15. The Morgan fingerprint density at radius 2 is 2.07 bits per heavy atom. The number of morpholine rings is 1. The number of carboxylic acids is 1. The van der Waals surface area contributed by atoms with E-state index < -0.39 is 28.0 Å². The molecule has 0 radical (unpaired) electrons. The molecule has 170 valence electrons. The maximum Gasteiger partial charge on any atom is 0.490 e. The molecule has 1 N–H and O–H groups in total. The number of halogens is 4. The molecule has 2 fully saturated rings. The maximum atomic E-state index is 13.7. The average Bonchev–Trinajstić information content (AvgIpc) is 3.06. The van der Waals surface area contributed by atoms with E-state index in [4.69, 9.17) is 19.4 Å². The fourth-order valence-corrected chi connectivity index (χ4v) is 5.07. The standard InChI is InChI=1S/C15H21FN2O4S.C2HF3O2/c1-2-10-23(19,20)18-8-9-21-14-12(18)5-6-13(14)22-15-11(16)4-3-7-17-15;3-2(4,5)1(6)7/h3-4,7,12-14H,2,5-6,8-10H2,1H3;(H,6,7)/t12-,13-,14+;/m0./s1. The maximum absolute atomic E-state index is 13.7. The molecule has 1 aromatic rings.